The van der Waals surface area contributed by atoms with Crippen LogP contribution in [0.5, 0.6) is 5.75 Å². The Morgan fingerprint density at radius 2 is 2.15 bits per heavy atom. The Morgan fingerprint density at radius 3 is 2.85 bits per heavy atom. The molecule has 0 spiro atoms. The van der Waals surface area contributed by atoms with Gasteiger partial charge >= 0.3 is 0 Å². The molecule has 2 rings (SSSR count). The molecule has 1 aromatic rings. The van der Waals surface area contributed by atoms with E-state index in [1.54, 1.807) is 12.1 Å². The molecule has 0 saturated heterocycles. The molecule has 1 aliphatic rings. The number of likely N-dealkylation sites (N-methyl/N-ethyl adjacent to an activating group) is 1. The number of hydrogen-bond donors (Lipinski definition) is 1. The van der Waals surface area contributed by atoms with E-state index in [0.717, 1.165) is 24.9 Å². The van der Waals surface area contributed by atoms with Crippen LogP contribution in [-0.2, 0) is 0 Å². The highest BCUT2D eigenvalue weighted by Gasteiger charge is 2.36. The third kappa shape index (κ3) is 3.72. The van der Waals surface area contributed by atoms with Gasteiger partial charge in [0.2, 0.25) is 0 Å². The summed E-state index contributed by atoms with van der Waals surface area (Å²) < 4.78 is 19.9. The highest BCUT2D eigenvalue weighted by atomic mass is 19.1. The molecule has 1 aromatic carbocycles. The zero-order valence-electron chi connectivity index (χ0n) is 13.0. The van der Waals surface area contributed by atoms with Crippen molar-refractivity contribution in [2.45, 2.75) is 59.1 Å². The van der Waals surface area contributed by atoms with Crippen LogP contribution in [0.3, 0.4) is 0 Å². The normalized spacial score (nSPS) is 25.4. The fourth-order valence-corrected chi connectivity index (χ4v) is 3.00. The van der Waals surface area contributed by atoms with Gasteiger partial charge in [-0.3, -0.25) is 0 Å². The average Bonchev–Trinajstić information content (AvgIpc) is 2.37. The SMILES string of the molecule is CCNC1CCC(C)(C)CC1Oc1cc(C)ccc1F. The Balaban J connectivity index is 2.16. The third-order valence-corrected chi connectivity index (χ3v) is 4.17. The zero-order chi connectivity index (χ0) is 14.8. The summed E-state index contributed by atoms with van der Waals surface area (Å²) in [6.45, 7) is 9.50. The fraction of sp³-hybridized carbons (Fsp3) is 0.647. The summed E-state index contributed by atoms with van der Waals surface area (Å²) in [7, 11) is 0. The molecular weight excluding hydrogens is 253 g/mol. The molecule has 0 radical (unpaired) electrons. The van der Waals surface area contributed by atoms with Crippen molar-refractivity contribution in [2.75, 3.05) is 6.54 Å². The lowest BCUT2D eigenvalue weighted by molar-refractivity contribution is 0.0509. The van der Waals surface area contributed by atoms with Crippen LogP contribution < -0.4 is 10.1 Å². The maximum Gasteiger partial charge on any atom is 0.165 e. The predicted octanol–water partition coefficient (Wildman–Crippen LogP) is 4.07. The van der Waals surface area contributed by atoms with Crippen LogP contribution in [0.4, 0.5) is 4.39 Å². The number of nitrogens with one attached hydrogen (secondary N) is 1. The first kappa shape index (κ1) is 15.3. The van der Waals surface area contributed by atoms with E-state index >= 15 is 0 Å². The second-order valence-electron chi connectivity index (χ2n) is 6.66. The number of ether oxygens (including phenoxy) is 1. The summed E-state index contributed by atoms with van der Waals surface area (Å²) in [4.78, 5) is 0. The first-order chi connectivity index (χ1) is 9.41. The standard InChI is InChI=1S/C17H26FNO/c1-5-19-14-8-9-17(3,4)11-16(14)20-15-10-12(2)6-7-13(15)18/h6-7,10,14,16,19H,5,8-9,11H2,1-4H3. The van der Waals surface area contributed by atoms with Gasteiger partial charge in [0.15, 0.2) is 11.6 Å². The van der Waals surface area contributed by atoms with Gasteiger partial charge in [-0.05, 0) is 55.8 Å². The van der Waals surface area contributed by atoms with Crippen LogP contribution in [-0.4, -0.2) is 18.7 Å². The number of rotatable bonds is 4. The Hall–Kier alpha value is -1.09. The number of halogens is 1. The van der Waals surface area contributed by atoms with Gasteiger partial charge in [0.25, 0.3) is 0 Å². The monoisotopic (exact) mass is 279 g/mol. The average molecular weight is 279 g/mol. The zero-order valence-corrected chi connectivity index (χ0v) is 13.0. The highest BCUT2D eigenvalue weighted by Crippen LogP contribution is 2.37. The molecule has 0 amide bonds. The number of aryl methyl sites for hydroxylation is 1. The topological polar surface area (TPSA) is 21.3 Å². The van der Waals surface area contributed by atoms with Crippen molar-refractivity contribution in [3.05, 3.63) is 29.6 Å². The van der Waals surface area contributed by atoms with Gasteiger partial charge in [-0.25, -0.2) is 4.39 Å². The number of hydrogen-bond acceptors (Lipinski definition) is 2. The summed E-state index contributed by atoms with van der Waals surface area (Å²) in [5.74, 6) is 0.116. The van der Waals surface area contributed by atoms with Gasteiger partial charge in [-0.15, -0.1) is 0 Å². The third-order valence-electron chi connectivity index (χ3n) is 4.17. The van der Waals surface area contributed by atoms with Gasteiger partial charge in [0.1, 0.15) is 6.10 Å². The summed E-state index contributed by atoms with van der Waals surface area (Å²) in [5.41, 5.74) is 1.29. The van der Waals surface area contributed by atoms with E-state index in [-0.39, 0.29) is 17.3 Å². The van der Waals surface area contributed by atoms with Crippen LogP contribution >= 0.6 is 0 Å². The smallest absolute Gasteiger partial charge is 0.165 e. The van der Waals surface area contributed by atoms with E-state index < -0.39 is 0 Å². The van der Waals surface area contributed by atoms with E-state index in [1.165, 1.54) is 12.5 Å². The largest absolute Gasteiger partial charge is 0.486 e. The Kier molecular flexibility index (Phi) is 4.69. The maximum absolute atomic E-state index is 13.9. The van der Waals surface area contributed by atoms with Gasteiger partial charge in [-0.2, -0.15) is 0 Å². The second kappa shape index (κ2) is 6.13. The van der Waals surface area contributed by atoms with E-state index in [1.807, 2.05) is 6.92 Å². The van der Waals surface area contributed by atoms with Crippen LogP contribution in [0.25, 0.3) is 0 Å². The van der Waals surface area contributed by atoms with E-state index in [9.17, 15) is 4.39 Å². The molecule has 1 N–H and O–H groups in total. The molecule has 0 aromatic heterocycles. The molecule has 0 heterocycles. The Morgan fingerprint density at radius 1 is 1.40 bits per heavy atom. The molecule has 1 aliphatic carbocycles. The number of benzene rings is 1. The molecule has 1 fully saturated rings. The summed E-state index contributed by atoms with van der Waals surface area (Å²) >= 11 is 0. The fourth-order valence-electron chi connectivity index (χ4n) is 3.00. The highest BCUT2D eigenvalue weighted by molar-refractivity contribution is 5.29. The minimum Gasteiger partial charge on any atom is -0.486 e. The molecule has 0 bridgehead atoms. The van der Waals surface area contributed by atoms with Gasteiger partial charge in [0.05, 0.1) is 0 Å². The molecule has 0 aliphatic heterocycles. The van der Waals surface area contributed by atoms with Gasteiger partial charge in [-0.1, -0.05) is 26.8 Å². The Bertz CT molecular complexity index is 458. The molecule has 3 heteroatoms. The lowest BCUT2D eigenvalue weighted by Gasteiger charge is -2.41. The van der Waals surface area contributed by atoms with Crippen LogP contribution in [0, 0.1) is 18.2 Å². The first-order valence-electron chi connectivity index (χ1n) is 7.57. The lowest BCUT2D eigenvalue weighted by atomic mass is 9.74. The second-order valence-corrected chi connectivity index (χ2v) is 6.66. The van der Waals surface area contributed by atoms with Crippen molar-refractivity contribution >= 4 is 0 Å². The maximum atomic E-state index is 13.9. The summed E-state index contributed by atoms with van der Waals surface area (Å²) in [6, 6.07) is 5.36. The van der Waals surface area contributed by atoms with E-state index in [4.69, 9.17) is 4.74 Å². The minimum atomic E-state index is -0.269. The molecule has 1 saturated carbocycles. The first-order valence-corrected chi connectivity index (χ1v) is 7.57. The van der Waals surface area contributed by atoms with Crippen LogP contribution in [0.1, 0.15) is 45.6 Å². The van der Waals surface area contributed by atoms with E-state index in [2.05, 4.69) is 26.1 Å². The van der Waals surface area contributed by atoms with Crippen molar-refractivity contribution in [2.24, 2.45) is 5.41 Å². The van der Waals surface area contributed by atoms with Crippen molar-refractivity contribution in [1.82, 2.24) is 5.32 Å². The van der Waals surface area contributed by atoms with Crippen molar-refractivity contribution in [1.29, 1.82) is 0 Å². The molecule has 2 nitrogen and oxygen atoms in total. The molecule has 2 unspecified atom stereocenters. The minimum absolute atomic E-state index is 0.0370. The van der Waals surface area contributed by atoms with Crippen LogP contribution in [0.15, 0.2) is 18.2 Å². The summed E-state index contributed by atoms with van der Waals surface area (Å²) in [6.07, 6.45) is 3.26. The van der Waals surface area contributed by atoms with Crippen molar-refractivity contribution in [3.8, 4) is 5.75 Å². The quantitative estimate of drug-likeness (QED) is 0.897. The molecular formula is C17H26FNO. The van der Waals surface area contributed by atoms with Crippen molar-refractivity contribution < 1.29 is 9.13 Å². The lowest BCUT2D eigenvalue weighted by Crippen LogP contribution is -2.49. The van der Waals surface area contributed by atoms with Gasteiger partial charge in [0, 0.05) is 6.04 Å². The predicted molar refractivity (Wildman–Crippen MR) is 80.6 cm³/mol. The van der Waals surface area contributed by atoms with Crippen LogP contribution in [0.2, 0.25) is 0 Å². The summed E-state index contributed by atoms with van der Waals surface area (Å²) in [5, 5.41) is 3.48. The molecule has 20 heavy (non-hydrogen) atoms. The van der Waals surface area contributed by atoms with Gasteiger partial charge < -0.3 is 10.1 Å². The Labute approximate surface area is 121 Å². The van der Waals surface area contributed by atoms with E-state index in [0.29, 0.717) is 11.8 Å². The van der Waals surface area contributed by atoms with Crippen molar-refractivity contribution in [3.63, 3.8) is 0 Å². The molecule has 112 valence electrons. The molecule has 2 atom stereocenters.